The number of carbonyl (C=O) groups is 1. The van der Waals surface area contributed by atoms with E-state index in [-0.39, 0.29) is 18.2 Å². The fourth-order valence-electron chi connectivity index (χ4n) is 2.26. The minimum absolute atomic E-state index is 0.00259. The average molecular weight is 183 g/mol. The predicted molar refractivity (Wildman–Crippen MR) is 49.1 cm³/mol. The SMILES string of the molecule is CC[C@H](C)[C@H]1OC(=O)[C@@H]2CCCN12. The van der Waals surface area contributed by atoms with Gasteiger partial charge in [0.15, 0.2) is 6.23 Å². The predicted octanol–water partition coefficient (Wildman–Crippen LogP) is 1.38. The zero-order chi connectivity index (χ0) is 9.42. The van der Waals surface area contributed by atoms with Crippen LogP contribution in [0.2, 0.25) is 0 Å². The molecule has 2 saturated heterocycles. The van der Waals surface area contributed by atoms with Crippen molar-refractivity contribution in [3.8, 4) is 0 Å². The molecule has 0 aromatic carbocycles. The van der Waals surface area contributed by atoms with Crippen molar-refractivity contribution in [3.63, 3.8) is 0 Å². The molecular weight excluding hydrogens is 166 g/mol. The van der Waals surface area contributed by atoms with Gasteiger partial charge in [-0.2, -0.15) is 0 Å². The third kappa shape index (κ3) is 1.35. The molecule has 0 aromatic rings. The zero-order valence-electron chi connectivity index (χ0n) is 8.32. The van der Waals surface area contributed by atoms with Crippen LogP contribution < -0.4 is 0 Å². The number of nitrogens with zero attached hydrogens (tertiary/aromatic N) is 1. The van der Waals surface area contributed by atoms with Gasteiger partial charge < -0.3 is 4.74 Å². The van der Waals surface area contributed by atoms with Crippen molar-refractivity contribution in [3.05, 3.63) is 0 Å². The zero-order valence-corrected chi connectivity index (χ0v) is 8.32. The van der Waals surface area contributed by atoms with E-state index in [1.807, 2.05) is 0 Å². The molecule has 2 heterocycles. The van der Waals surface area contributed by atoms with Gasteiger partial charge in [-0.15, -0.1) is 0 Å². The molecule has 0 bridgehead atoms. The van der Waals surface area contributed by atoms with E-state index in [2.05, 4.69) is 18.7 Å². The van der Waals surface area contributed by atoms with Crippen molar-refractivity contribution in [2.75, 3.05) is 6.54 Å². The minimum atomic E-state index is 0.00259. The van der Waals surface area contributed by atoms with Gasteiger partial charge in [0.05, 0.1) is 0 Å². The smallest absolute Gasteiger partial charge is 0.325 e. The Labute approximate surface area is 79.0 Å². The molecule has 0 aromatic heterocycles. The van der Waals surface area contributed by atoms with Crippen LogP contribution in [0.25, 0.3) is 0 Å². The molecule has 0 radical (unpaired) electrons. The van der Waals surface area contributed by atoms with Gasteiger partial charge in [0, 0.05) is 12.5 Å². The summed E-state index contributed by atoms with van der Waals surface area (Å²) in [5, 5.41) is 0. The van der Waals surface area contributed by atoms with Gasteiger partial charge in [-0.05, 0) is 19.3 Å². The van der Waals surface area contributed by atoms with Crippen LogP contribution in [0, 0.1) is 5.92 Å². The second kappa shape index (κ2) is 3.29. The Morgan fingerprint density at radius 3 is 3.15 bits per heavy atom. The number of esters is 1. The summed E-state index contributed by atoms with van der Waals surface area (Å²) in [5.41, 5.74) is 0. The van der Waals surface area contributed by atoms with Crippen LogP contribution in [0.3, 0.4) is 0 Å². The fraction of sp³-hybridized carbons (Fsp3) is 0.900. The summed E-state index contributed by atoms with van der Waals surface area (Å²) in [5.74, 6) is 0.467. The molecule has 0 aliphatic carbocycles. The van der Waals surface area contributed by atoms with Crippen LogP contribution in [0.4, 0.5) is 0 Å². The van der Waals surface area contributed by atoms with Gasteiger partial charge in [-0.3, -0.25) is 9.69 Å². The molecule has 3 heteroatoms. The highest BCUT2D eigenvalue weighted by molar-refractivity contribution is 5.78. The van der Waals surface area contributed by atoms with Crippen molar-refractivity contribution in [2.24, 2.45) is 5.92 Å². The molecule has 74 valence electrons. The molecule has 0 spiro atoms. The maximum absolute atomic E-state index is 11.4. The first kappa shape index (κ1) is 9.00. The van der Waals surface area contributed by atoms with Gasteiger partial charge >= 0.3 is 5.97 Å². The standard InChI is InChI=1S/C10H17NO2/c1-3-7(2)9-11-6-4-5-8(11)10(12)13-9/h7-9H,3-6H2,1-2H3/t7-,8-,9+/m0/s1. The van der Waals surface area contributed by atoms with Crippen LogP contribution in [0.15, 0.2) is 0 Å². The molecule has 2 rings (SSSR count). The summed E-state index contributed by atoms with van der Waals surface area (Å²) < 4.78 is 5.37. The largest absolute Gasteiger partial charge is 0.445 e. The minimum Gasteiger partial charge on any atom is -0.445 e. The number of cyclic esters (lactones) is 1. The Balaban J connectivity index is 2.10. The Morgan fingerprint density at radius 1 is 1.69 bits per heavy atom. The van der Waals surface area contributed by atoms with Gasteiger partial charge in [0.2, 0.25) is 0 Å². The Hall–Kier alpha value is -0.570. The van der Waals surface area contributed by atoms with Crippen LogP contribution in [-0.4, -0.2) is 29.7 Å². The van der Waals surface area contributed by atoms with Gasteiger partial charge in [0.1, 0.15) is 6.04 Å². The highest BCUT2D eigenvalue weighted by Gasteiger charge is 2.46. The van der Waals surface area contributed by atoms with Crippen LogP contribution in [0.5, 0.6) is 0 Å². The first-order chi connectivity index (χ1) is 6.24. The molecule has 0 N–H and O–H groups in total. The molecule has 2 fully saturated rings. The number of fused-ring (bicyclic) bond motifs is 1. The molecule has 3 nitrogen and oxygen atoms in total. The summed E-state index contributed by atoms with van der Waals surface area (Å²) in [6, 6.07) is 0.0824. The van der Waals surface area contributed by atoms with E-state index >= 15 is 0 Å². The quantitative estimate of drug-likeness (QED) is 0.606. The van der Waals surface area contributed by atoms with Gasteiger partial charge in [-0.1, -0.05) is 13.8 Å². The molecule has 2 aliphatic rings. The van der Waals surface area contributed by atoms with E-state index in [0.29, 0.717) is 5.92 Å². The molecule has 0 unspecified atom stereocenters. The molecular formula is C10H17NO2. The van der Waals surface area contributed by atoms with E-state index in [1.165, 1.54) is 0 Å². The Morgan fingerprint density at radius 2 is 2.46 bits per heavy atom. The third-order valence-electron chi connectivity index (χ3n) is 3.26. The van der Waals surface area contributed by atoms with E-state index in [1.54, 1.807) is 0 Å². The van der Waals surface area contributed by atoms with E-state index in [4.69, 9.17) is 4.74 Å². The van der Waals surface area contributed by atoms with E-state index in [0.717, 1.165) is 25.8 Å². The second-order valence-corrected chi connectivity index (χ2v) is 4.11. The maximum Gasteiger partial charge on any atom is 0.325 e. The topological polar surface area (TPSA) is 29.5 Å². The summed E-state index contributed by atoms with van der Waals surface area (Å²) >= 11 is 0. The number of hydrogen-bond acceptors (Lipinski definition) is 3. The number of hydrogen-bond donors (Lipinski definition) is 0. The average Bonchev–Trinajstić information content (AvgIpc) is 2.68. The Kier molecular flexibility index (Phi) is 2.28. The monoisotopic (exact) mass is 183 g/mol. The first-order valence-electron chi connectivity index (χ1n) is 5.20. The summed E-state index contributed by atoms with van der Waals surface area (Å²) in [6.07, 6.45) is 3.27. The second-order valence-electron chi connectivity index (χ2n) is 4.11. The van der Waals surface area contributed by atoms with E-state index < -0.39 is 0 Å². The molecule has 0 amide bonds. The lowest BCUT2D eigenvalue weighted by atomic mass is 10.1. The van der Waals surface area contributed by atoms with Crippen molar-refractivity contribution in [1.82, 2.24) is 4.90 Å². The van der Waals surface area contributed by atoms with Crippen molar-refractivity contribution in [1.29, 1.82) is 0 Å². The Bertz CT molecular complexity index is 217. The van der Waals surface area contributed by atoms with Crippen molar-refractivity contribution >= 4 is 5.97 Å². The van der Waals surface area contributed by atoms with E-state index in [9.17, 15) is 4.79 Å². The summed E-state index contributed by atoms with van der Waals surface area (Å²) in [7, 11) is 0. The molecule has 3 atom stereocenters. The molecule has 13 heavy (non-hydrogen) atoms. The highest BCUT2D eigenvalue weighted by Crippen LogP contribution is 2.32. The lowest BCUT2D eigenvalue weighted by Crippen LogP contribution is -2.36. The van der Waals surface area contributed by atoms with Crippen LogP contribution >= 0.6 is 0 Å². The number of carbonyl (C=O) groups excluding carboxylic acids is 1. The van der Waals surface area contributed by atoms with Crippen LogP contribution in [0.1, 0.15) is 33.1 Å². The van der Waals surface area contributed by atoms with Gasteiger partial charge in [0.25, 0.3) is 0 Å². The normalized spacial score (nSPS) is 36.0. The lowest BCUT2D eigenvalue weighted by molar-refractivity contribution is -0.145. The van der Waals surface area contributed by atoms with Gasteiger partial charge in [-0.25, -0.2) is 0 Å². The lowest BCUT2D eigenvalue weighted by Gasteiger charge is -2.24. The molecule has 2 aliphatic heterocycles. The fourth-order valence-corrected chi connectivity index (χ4v) is 2.26. The number of ether oxygens (including phenoxy) is 1. The summed E-state index contributed by atoms with van der Waals surface area (Å²) in [4.78, 5) is 13.7. The third-order valence-corrected chi connectivity index (χ3v) is 3.26. The van der Waals surface area contributed by atoms with Crippen molar-refractivity contribution in [2.45, 2.75) is 45.4 Å². The highest BCUT2D eigenvalue weighted by atomic mass is 16.6. The summed E-state index contributed by atoms with van der Waals surface area (Å²) in [6.45, 7) is 5.33. The number of rotatable bonds is 2. The first-order valence-corrected chi connectivity index (χ1v) is 5.20. The maximum atomic E-state index is 11.4. The van der Waals surface area contributed by atoms with Crippen LogP contribution in [-0.2, 0) is 9.53 Å². The van der Waals surface area contributed by atoms with Crippen molar-refractivity contribution < 1.29 is 9.53 Å². The molecule has 0 saturated carbocycles.